The first-order valence-electron chi connectivity index (χ1n) is 9.84. The van der Waals surface area contributed by atoms with Crippen LogP contribution in [0.15, 0.2) is 66.7 Å². The van der Waals surface area contributed by atoms with Crippen molar-refractivity contribution in [3.63, 3.8) is 0 Å². The van der Waals surface area contributed by atoms with E-state index in [2.05, 4.69) is 5.32 Å². The molecule has 0 fully saturated rings. The Kier molecular flexibility index (Phi) is 5.49. The lowest BCUT2D eigenvalue weighted by molar-refractivity contribution is -0.155. The fourth-order valence-electron chi connectivity index (χ4n) is 3.49. The monoisotopic (exact) mass is 416 g/mol. The van der Waals surface area contributed by atoms with Crippen LogP contribution in [-0.2, 0) is 25.5 Å². The van der Waals surface area contributed by atoms with E-state index in [-0.39, 0.29) is 6.42 Å². The van der Waals surface area contributed by atoms with Crippen LogP contribution in [-0.4, -0.2) is 41.2 Å². The lowest BCUT2D eigenvalue weighted by atomic mass is 9.98. The molecule has 3 aromatic carbocycles. The summed E-state index contributed by atoms with van der Waals surface area (Å²) in [5.41, 5.74) is 1.59. The minimum atomic E-state index is -1.10. The molecule has 4 rings (SSSR count). The molecule has 156 valence electrons. The van der Waals surface area contributed by atoms with Crippen LogP contribution in [0.4, 0.5) is 5.69 Å². The van der Waals surface area contributed by atoms with E-state index in [1.807, 2.05) is 36.4 Å². The maximum Gasteiger partial charge on any atom is 0.326 e. The van der Waals surface area contributed by atoms with Gasteiger partial charge in [-0.05, 0) is 41.5 Å². The fourth-order valence-corrected chi connectivity index (χ4v) is 3.49. The molecule has 0 saturated heterocycles. The van der Waals surface area contributed by atoms with Crippen LogP contribution in [0.25, 0.3) is 10.8 Å². The number of carbonyl (C=O) groups is 4. The zero-order valence-corrected chi connectivity index (χ0v) is 16.8. The number of rotatable bonds is 5. The lowest BCUT2D eigenvalue weighted by Gasteiger charge is -2.26. The van der Waals surface area contributed by atoms with Crippen LogP contribution in [0.5, 0.6) is 0 Å². The van der Waals surface area contributed by atoms with Gasteiger partial charge in [0.1, 0.15) is 6.54 Å². The Morgan fingerprint density at radius 2 is 1.71 bits per heavy atom. The second-order valence-electron chi connectivity index (χ2n) is 7.30. The van der Waals surface area contributed by atoms with Gasteiger partial charge >= 0.3 is 5.97 Å². The average molecular weight is 416 g/mol. The number of esters is 1. The number of amides is 3. The van der Waals surface area contributed by atoms with Crippen LogP contribution in [0.3, 0.4) is 0 Å². The molecule has 3 amide bonds. The molecule has 0 radical (unpaired) electrons. The van der Waals surface area contributed by atoms with Gasteiger partial charge in [0.2, 0.25) is 5.91 Å². The molecule has 0 saturated carbocycles. The zero-order valence-electron chi connectivity index (χ0n) is 16.8. The molecular formula is C24H20N2O5. The molecule has 0 aliphatic carbocycles. The van der Waals surface area contributed by atoms with E-state index in [0.29, 0.717) is 16.8 Å². The highest BCUT2D eigenvalue weighted by Crippen LogP contribution is 2.20. The molecule has 0 unspecified atom stereocenters. The summed E-state index contributed by atoms with van der Waals surface area (Å²) in [7, 11) is 0. The van der Waals surface area contributed by atoms with E-state index in [1.54, 1.807) is 30.3 Å². The van der Waals surface area contributed by atoms with E-state index < -0.39 is 36.3 Å². The van der Waals surface area contributed by atoms with Gasteiger partial charge in [-0.25, -0.2) is 0 Å². The second kappa shape index (κ2) is 8.39. The molecule has 1 aliphatic heterocycles. The summed E-state index contributed by atoms with van der Waals surface area (Å²) in [6, 6.07) is 20.0. The molecule has 3 aromatic rings. The maximum atomic E-state index is 12.5. The molecule has 0 aromatic heterocycles. The van der Waals surface area contributed by atoms with Gasteiger partial charge in [-0.2, -0.15) is 0 Å². The van der Waals surface area contributed by atoms with Crippen molar-refractivity contribution in [1.82, 2.24) is 4.90 Å². The summed E-state index contributed by atoms with van der Waals surface area (Å²) in [5, 5.41) is 4.71. The SMILES string of the molecule is C[C@H](OC(=O)CN1C(=O)Cc2ccccc2C1=O)C(=O)Nc1ccc2ccccc2c1. The van der Waals surface area contributed by atoms with Crippen molar-refractivity contribution in [1.29, 1.82) is 0 Å². The first-order chi connectivity index (χ1) is 14.9. The number of ether oxygens (including phenoxy) is 1. The Morgan fingerprint density at radius 3 is 2.52 bits per heavy atom. The zero-order chi connectivity index (χ0) is 22.0. The van der Waals surface area contributed by atoms with Crippen LogP contribution < -0.4 is 5.32 Å². The molecule has 31 heavy (non-hydrogen) atoms. The average Bonchev–Trinajstić information content (AvgIpc) is 2.76. The quantitative estimate of drug-likeness (QED) is 0.510. The summed E-state index contributed by atoms with van der Waals surface area (Å²) in [4.78, 5) is 50.4. The molecule has 0 bridgehead atoms. The minimum Gasteiger partial charge on any atom is -0.451 e. The number of benzene rings is 3. The van der Waals surface area contributed by atoms with Gasteiger partial charge in [0.05, 0.1) is 6.42 Å². The van der Waals surface area contributed by atoms with Gasteiger partial charge in [0, 0.05) is 11.3 Å². The van der Waals surface area contributed by atoms with Crippen LogP contribution in [0.1, 0.15) is 22.8 Å². The maximum absolute atomic E-state index is 12.5. The molecule has 7 heteroatoms. The van der Waals surface area contributed by atoms with Gasteiger partial charge in [-0.15, -0.1) is 0 Å². The van der Waals surface area contributed by atoms with E-state index in [0.717, 1.165) is 15.7 Å². The Morgan fingerprint density at radius 1 is 1.00 bits per heavy atom. The smallest absolute Gasteiger partial charge is 0.326 e. The second-order valence-corrected chi connectivity index (χ2v) is 7.30. The summed E-state index contributed by atoms with van der Waals surface area (Å²) >= 11 is 0. The minimum absolute atomic E-state index is 0.0349. The van der Waals surface area contributed by atoms with Gasteiger partial charge in [-0.1, -0.05) is 48.5 Å². The third-order valence-corrected chi connectivity index (χ3v) is 5.12. The summed E-state index contributed by atoms with van der Waals surface area (Å²) in [6.45, 7) is 0.892. The molecule has 1 aliphatic rings. The molecule has 0 spiro atoms. The largest absolute Gasteiger partial charge is 0.451 e. The van der Waals surface area contributed by atoms with Gasteiger partial charge < -0.3 is 10.1 Å². The predicted molar refractivity (Wildman–Crippen MR) is 114 cm³/mol. The Hall–Kier alpha value is -4.00. The molecule has 7 nitrogen and oxygen atoms in total. The highest BCUT2D eigenvalue weighted by molar-refractivity contribution is 6.11. The predicted octanol–water partition coefficient (Wildman–Crippen LogP) is 2.94. The van der Waals surface area contributed by atoms with Crippen LogP contribution >= 0.6 is 0 Å². The Bertz CT molecular complexity index is 1200. The fraction of sp³-hybridized carbons (Fsp3) is 0.167. The topological polar surface area (TPSA) is 92.8 Å². The van der Waals surface area contributed by atoms with Crippen molar-refractivity contribution in [2.24, 2.45) is 0 Å². The summed E-state index contributed by atoms with van der Waals surface area (Å²) in [5.74, 6) is -2.36. The van der Waals surface area contributed by atoms with Crippen molar-refractivity contribution < 1.29 is 23.9 Å². The summed E-state index contributed by atoms with van der Waals surface area (Å²) < 4.78 is 5.16. The number of nitrogens with zero attached hydrogens (tertiary/aromatic N) is 1. The number of carbonyl (C=O) groups excluding carboxylic acids is 4. The number of hydrogen-bond acceptors (Lipinski definition) is 5. The first kappa shape index (κ1) is 20.3. The normalized spacial score (nSPS) is 14.2. The van der Waals surface area contributed by atoms with E-state index in [4.69, 9.17) is 4.74 Å². The third kappa shape index (κ3) is 4.30. The van der Waals surface area contributed by atoms with Crippen LogP contribution in [0, 0.1) is 0 Å². The molecule has 1 atom stereocenters. The standard InChI is InChI=1S/C24H20N2O5/c1-15(23(29)25-19-11-10-16-6-2-3-7-17(16)12-19)31-22(28)14-26-21(27)13-18-8-4-5-9-20(18)24(26)30/h2-12,15H,13-14H2,1H3,(H,25,29)/t15-/m0/s1. The van der Waals surface area contributed by atoms with E-state index in [1.165, 1.54) is 6.92 Å². The van der Waals surface area contributed by atoms with Crippen molar-refractivity contribution in [2.75, 3.05) is 11.9 Å². The van der Waals surface area contributed by atoms with Gasteiger partial charge in [0.25, 0.3) is 11.8 Å². The Balaban J connectivity index is 1.37. The lowest BCUT2D eigenvalue weighted by Crippen LogP contribution is -2.46. The highest BCUT2D eigenvalue weighted by atomic mass is 16.5. The number of imide groups is 1. The van der Waals surface area contributed by atoms with Crippen molar-refractivity contribution in [2.45, 2.75) is 19.4 Å². The van der Waals surface area contributed by atoms with Crippen molar-refractivity contribution in [3.8, 4) is 0 Å². The third-order valence-electron chi connectivity index (χ3n) is 5.12. The van der Waals surface area contributed by atoms with Gasteiger partial charge in [-0.3, -0.25) is 24.1 Å². The Labute approximate surface area is 178 Å². The molecule has 1 heterocycles. The van der Waals surface area contributed by atoms with Crippen LogP contribution in [0.2, 0.25) is 0 Å². The molecular weight excluding hydrogens is 396 g/mol. The highest BCUT2D eigenvalue weighted by Gasteiger charge is 2.33. The number of fused-ring (bicyclic) bond motifs is 2. The molecule has 1 N–H and O–H groups in total. The number of hydrogen-bond donors (Lipinski definition) is 1. The van der Waals surface area contributed by atoms with E-state index in [9.17, 15) is 19.2 Å². The summed E-state index contributed by atoms with van der Waals surface area (Å²) in [6.07, 6.45) is -1.06. The first-order valence-corrected chi connectivity index (χ1v) is 9.84. The van der Waals surface area contributed by atoms with Crippen molar-refractivity contribution in [3.05, 3.63) is 77.9 Å². The van der Waals surface area contributed by atoms with Crippen molar-refractivity contribution >= 4 is 40.2 Å². The number of nitrogens with one attached hydrogen (secondary N) is 1. The number of anilines is 1. The van der Waals surface area contributed by atoms with Gasteiger partial charge in [0.15, 0.2) is 6.10 Å². The van der Waals surface area contributed by atoms with E-state index >= 15 is 0 Å².